The SMILES string of the molecule is O=[N+]([O-])c1ccc(S(=O)(=O)C(S(=O)(=O)c2ccccc2)S(=O)(=O)c2ccccc2)cc1. The van der Waals surface area contributed by atoms with E-state index in [0.29, 0.717) is 0 Å². The van der Waals surface area contributed by atoms with Gasteiger partial charge in [-0.15, -0.1) is 0 Å². The molecular formula is C19H15NO8S3. The van der Waals surface area contributed by atoms with Crippen LogP contribution in [0, 0.1) is 10.1 Å². The highest BCUT2D eigenvalue weighted by Gasteiger charge is 2.50. The van der Waals surface area contributed by atoms with Gasteiger partial charge in [0.2, 0.25) is 29.5 Å². The van der Waals surface area contributed by atoms with Gasteiger partial charge in [-0.2, -0.15) is 0 Å². The lowest BCUT2D eigenvalue weighted by Gasteiger charge is -2.19. The Balaban J connectivity index is 2.30. The first-order valence-corrected chi connectivity index (χ1v) is 13.2. The molecule has 0 fully saturated rings. The fourth-order valence-electron chi connectivity index (χ4n) is 2.81. The number of nitro benzene ring substituents is 1. The first kappa shape index (κ1) is 22.6. The Labute approximate surface area is 178 Å². The van der Waals surface area contributed by atoms with E-state index in [0.717, 1.165) is 48.5 Å². The van der Waals surface area contributed by atoms with Crippen LogP contribution in [0.4, 0.5) is 5.69 Å². The van der Waals surface area contributed by atoms with Crippen molar-refractivity contribution in [1.29, 1.82) is 0 Å². The normalized spacial score (nSPS) is 12.5. The Bertz CT molecular complexity index is 1350. The van der Waals surface area contributed by atoms with Gasteiger partial charge in [0.1, 0.15) is 0 Å². The predicted molar refractivity (Wildman–Crippen MR) is 111 cm³/mol. The van der Waals surface area contributed by atoms with Crippen molar-refractivity contribution in [3.05, 3.63) is 95.0 Å². The van der Waals surface area contributed by atoms with Gasteiger partial charge in [0.05, 0.1) is 19.6 Å². The van der Waals surface area contributed by atoms with Crippen LogP contribution in [0.5, 0.6) is 0 Å². The molecule has 12 heteroatoms. The number of hydrogen-bond acceptors (Lipinski definition) is 8. The number of nitro groups is 1. The summed E-state index contributed by atoms with van der Waals surface area (Å²) in [6.07, 6.45) is 0. The lowest BCUT2D eigenvalue weighted by atomic mass is 10.3. The second-order valence-electron chi connectivity index (χ2n) is 6.30. The van der Waals surface area contributed by atoms with Crippen molar-refractivity contribution in [2.24, 2.45) is 0 Å². The van der Waals surface area contributed by atoms with Crippen molar-refractivity contribution < 1.29 is 30.2 Å². The van der Waals surface area contributed by atoms with Crippen LogP contribution in [0.1, 0.15) is 0 Å². The molecule has 3 aromatic carbocycles. The zero-order valence-electron chi connectivity index (χ0n) is 15.6. The number of benzene rings is 3. The fraction of sp³-hybridized carbons (Fsp3) is 0.0526. The minimum absolute atomic E-state index is 0.438. The molecule has 162 valence electrons. The Hall–Kier alpha value is -3.09. The average molecular weight is 482 g/mol. The standard InChI is InChI=1S/C19H15NO8S3/c21-20(22)15-11-13-18(14-12-15)31(27,28)19(29(23,24)16-7-3-1-4-8-16)30(25,26)17-9-5-2-6-10-17/h1-14,19H. The number of non-ortho nitro benzene ring substituents is 1. The molecule has 0 saturated carbocycles. The lowest BCUT2D eigenvalue weighted by molar-refractivity contribution is -0.384. The van der Waals surface area contributed by atoms with E-state index in [1.54, 1.807) is 0 Å². The van der Waals surface area contributed by atoms with Gasteiger partial charge in [0.15, 0.2) is 0 Å². The van der Waals surface area contributed by atoms with Crippen LogP contribution in [-0.4, -0.2) is 34.1 Å². The third-order valence-electron chi connectivity index (χ3n) is 4.28. The first-order chi connectivity index (χ1) is 14.5. The molecule has 0 heterocycles. The molecule has 0 aromatic heterocycles. The second kappa shape index (κ2) is 8.21. The van der Waals surface area contributed by atoms with E-state index in [9.17, 15) is 35.4 Å². The molecular weight excluding hydrogens is 466 g/mol. The summed E-state index contributed by atoms with van der Waals surface area (Å²) < 4.78 is 76.9. The minimum Gasteiger partial charge on any atom is -0.258 e. The summed E-state index contributed by atoms with van der Waals surface area (Å²) in [6, 6.07) is 16.0. The fourth-order valence-corrected chi connectivity index (χ4v) is 11.1. The number of rotatable bonds is 7. The highest BCUT2D eigenvalue weighted by molar-refractivity contribution is 8.24. The minimum atomic E-state index is -5.05. The lowest BCUT2D eigenvalue weighted by Crippen LogP contribution is -2.38. The summed E-state index contributed by atoms with van der Waals surface area (Å²) in [4.78, 5) is 8.41. The molecule has 0 saturated heterocycles. The van der Waals surface area contributed by atoms with Gasteiger partial charge in [0.25, 0.3) is 9.60 Å². The third kappa shape index (κ3) is 4.22. The highest BCUT2D eigenvalue weighted by atomic mass is 32.3. The van der Waals surface area contributed by atoms with E-state index in [2.05, 4.69) is 0 Å². The summed E-state index contributed by atoms with van der Waals surface area (Å²) in [5.74, 6) is 0. The molecule has 0 bridgehead atoms. The van der Waals surface area contributed by atoms with Crippen molar-refractivity contribution in [2.45, 2.75) is 18.6 Å². The molecule has 0 aliphatic carbocycles. The van der Waals surface area contributed by atoms with E-state index in [1.165, 1.54) is 36.4 Å². The zero-order chi connectivity index (χ0) is 22.9. The Morgan fingerprint density at radius 1 is 0.548 bits per heavy atom. The van der Waals surface area contributed by atoms with Crippen molar-refractivity contribution in [3.63, 3.8) is 0 Å². The van der Waals surface area contributed by atoms with E-state index >= 15 is 0 Å². The van der Waals surface area contributed by atoms with Crippen LogP contribution < -0.4 is 0 Å². The van der Waals surface area contributed by atoms with Gasteiger partial charge in [-0.05, 0) is 36.4 Å². The Morgan fingerprint density at radius 2 is 0.871 bits per heavy atom. The summed E-state index contributed by atoms with van der Waals surface area (Å²) in [5.41, 5.74) is -0.438. The van der Waals surface area contributed by atoms with Gasteiger partial charge in [-0.3, -0.25) is 10.1 Å². The molecule has 0 N–H and O–H groups in total. The van der Waals surface area contributed by atoms with Crippen LogP contribution >= 0.6 is 0 Å². The van der Waals surface area contributed by atoms with Gasteiger partial charge >= 0.3 is 0 Å². The summed E-state index contributed by atoms with van der Waals surface area (Å²) >= 11 is 0. The third-order valence-corrected chi connectivity index (χ3v) is 13.1. The number of hydrogen-bond donors (Lipinski definition) is 0. The maximum Gasteiger partial charge on any atom is 0.275 e. The quantitative estimate of drug-likeness (QED) is 0.370. The summed E-state index contributed by atoms with van der Waals surface area (Å²) in [6.45, 7) is 0. The molecule has 3 aromatic rings. The molecule has 0 unspecified atom stereocenters. The molecule has 3 rings (SSSR count). The maximum atomic E-state index is 13.3. The second-order valence-corrected chi connectivity index (χ2v) is 13.3. The van der Waals surface area contributed by atoms with Crippen LogP contribution in [0.25, 0.3) is 0 Å². The van der Waals surface area contributed by atoms with Gasteiger partial charge in [-0.1, -0.05) is 36.4 Å². The van der Waals surface area contributed by atoms with Gasteiger partial charge < -0.3 is 0 Å². The van der Waals surface area contributed by atoms with Gasteiger partial charge in [0, 0.05) is 12.1 Å². The van der Waals surface area contributed by atoms with Crippen molar-refractivity contribution in [1.82, 2.24) is 0 Å². The molecule has 0 aliphatic rings. The maximum absolute atomic E-state index is 13.3. The van der Waals surface area contributed by atoms with Crippen molar-refractivity contribution in [3.8, 4) is 0 Å². The van der Waals surface area contributed by atoms with Crippen molar-refractivity contribution >= 4 is 35.2 Å². The van der Waals surface area contributed by atoms with E-state index < -0.39 is 58.7 Å². The largest absolute Gasteiger partial charge is 0.275 e. The smallest absolute Gasteiger partial charge is 0.258 e. The monoisotopic (exact) mass is 481 g/mol. The van der Waals surface area contributed by atoms with Crippen molar-refractivity contribution in [2.75, 3.05) is 0 Å². The van der Waals surface area contributed by atoms with Gasteiger partial charge in [-0.25, -0.2) is 25.3 Å². The number of sulfone groups is 3. The topological polar surface area (TPSA) is 146 Å². The molecule has 0 spiro atoms. The molecule has 0 amide bonds. The van der Waals surface area contributed by atoms with E-state index in [1.807, 2.05) is 0 Å². The summed E-state index contributed by atoms with van der Waals surface area (Å²) in [5, 5.41) is 10.8. The average Bonchev–Trinajstić information content (AvgIpc) is 2.74. The highest BCUT2D eigenvalue weighted by Crippen LogP contribution is 2.33. The Kier molecular flexibility index (Phi) is 5.98. The van der Waals surface area contributed by atoms with E-state index in [-0.39, 0.29) is 0 Å². The zero-order valence-corrected chi connectivity index (χ0v) is 18.0. The van der Waals surface area contributed by atoms with E-state index in [4.69, 9.17) is 0 Å². The van der Waals surface area contributed by atoms with Crippen LogP contribution in [0.2, 0.25) is 0 Å². The molecule has 0 atom stereocenters. The van der Waals surface area contributed by atoms with Crippen LogP contribution in [0.15, 0.2) is 99.6 Å². The van der Waals surface area contributed by atoms with Crippen LogP contribution in [-0.2, 0) is 29.5 Å². The molecule has 9 nitrogen and oxygen atoms in total. The molecule has 31 heavy (non-hydrogen) atoms. The molecule has 0 aliphatic heterocycles. The predicted octanol–water partition coefficient (Wildman–Crippen LogP) is 2.60. The Morgan fingerprint density at radius 3 is 1.19 bits per heavy atom. The molecule has 0 radical (unpaired) electrons. The van der Waals surface area contributed by atoms with Crippen LogP contribution in [0.3, 0.4) is 0 Å². The first-order valence-electron chi connectivity index (χ1n) is 8.55. The summed E-state index contributed by atoms with van der Waals surface area (Å²) in [7, 11) is -15.0. The number of nitrogens with zero attached hydrogens (tertiary/aromatic N) is 1.